The lowest BCUT2D eigenvalue weighted by Crippen LogP contribution is -2.59. The van der Waals surface area contributed by atoms with Crippen molar-refractivity contribution >= 4 is 44.6 Å². The van der Waals surface area contributed by atoms with E-state index in [0.29, 0.717) is 87.9 Å². The molecule has 0 radical (unpaired) electrons. The molecule has 4 heterocycles. The number of carbonyl (C=O) groups is 4. The van der Waals surface area contributed by atoms with Gasteiger partial charge < -0.3 is 34.5 Å². The largest absolute Gasteiger partial charge is 0.486 e. The van der Waals surface area contributed by atoms with E-state index >= 15 is 0 Å². The molecule has 2 saturated carbocycles. The van der Waals surface area contributed by atoms with Gasteiger partial charge in [0.15, 0.2) is 11.5 Å². The van der Waals surface area contributed by atoms with E-state index in [1.54, 1.807) is 31.2 Å². The smallest absolute Gasteiger partial charge is 0.427 e. The maximum absolute atomic E-state index is 14.9. The molecule has 1 aromatic heterocycles. The molecule has 19 heteroatoms. The standard InChI is InChI=1S/C40H50F3N5O10S/c1-5-23-18-22(2)8-6-7-9-24-20-39(24,36(51)47-59(53,54)26-10-11-26)46-33(49)29-19-25(21-48(29)35(50)31(23)45-37(52)58-38(3,4)40(41,42)43)57-34-28-12-13-30-32(56-17-16-55-30)27(28)14-15-44-34/h7,9,12-15,22-26,29,31H,5-6,8,10-11,16-21H2,1-4H3,(H,45,52)(H,46,49)(H,47,51). The third kappa shape index (κ3) is 8.75. The summed E-state index contributed by atoms with van der Waals surface area (Å²) in [6.07, 6.45) is 0.607. The highest BCUT2D eigenvalue weighted by Crippen LogP contribution is 2.47. The molecule has 7 atom stereocenters. The van der Waals surface area contributed by atoms with Crippen molar-refractivity contribution in [2.45, 2.75) is 120 Å². The number of rotatable bonds is 8. The summed E-state index contributed by atoms with van der Waals surface area (Å²) in [5, 5.41) is 5.74. The van der Waals surface area contributed by atoms with E-state index in [0.717, 1.165) is 0 Å². The third-order valence-corrected chi connectivity index (χ3v) is 13.8. The molecule has 1 saturated heterocycles. The minimum absolute atomic E-state index is 0.0341. The average Bonchev–Trinajstić information content (AvgIpc) is 4.10. The number of amides is 4. The summed E-state index contributed by atoms with van der Waals surface area (Å²) in [4.78, 5) is 62.2. The van der Waals surface area contributed by atoms with Gasteiger partial charge in [-0.2, -0.15) is 13.2 Å². The number of nitrogens with one attached hydrogen (secondary N) is 3. The Kier molecular flexibility index (Phi) is 11.5. The van der Waals surface area contributed by atoms with Crippen molar-refractivity contribution < 1.29 is 59.7 Å². The SMILES string of the molecule is CCC1CC(C)CCC=CC2CC2(C(=O)NS(=O)(=O)C2CC2)NC(=O)C2CC(Oc3nccc4c5c(ccc34)OCCO5)CN2C(=O)C1NC(=O)OC(C)(C)C(F)(F)F. The highest BCUT2D eigenvalue weighted by Gasteiger charge is 2.62. The van der Waals surface area contributed by atoms with Gasteiger partial charge in [-0.25, -0.2) is 18.2 Å². The van der Waals surface area contributed by atoms with Crippen molar-refractivity contribution in [1.29, 1.82) is 0 Å². The highest BCUT2D eigenvalue weighted by molar-refractivity contribution is 7.91. The third-order valence-electron chi connectivity index (χ3n) is 12.0. The number of hydrogen-bond donors (Lipinski definition) is 3. The zero-order chi connectivity index (χ0) is 42.5. The minimum atomic E-state index is -4.92. The number of halogens is 3. The molecule has 2 aliphatic carbocycles. The summed E-state index contributed by atoms with van der Waals surface area (Å²) in [6, 6.07) is 2.45. The second-order valence-corrected chi connectivity index (χ2v) is 18.7. The van der Waals surface area contributed by atoms with Crippen molar-refractivity contribution in [2.75, 3.05) is 19.8 Å². The Labute approximate surface area is 340 Å². The second-order valence-electron chi connectivity index (χ2n) is 16.8. The molecule has 3 aliphatic heterocycles. The molecule has 0 bridgehead atoms. The number of fused-ring (bicyclic) bond motifs is 5. The predicted molar refractivity (Wildman–Crippen MR) is 206 cm³/mol. The number of allylic oxidation sites excluding steroid dienone is 1. The first kappa shape index (κ1) is 42.3. The lowest BCUT2D eigenvalue weighted by atomic mass is 9.85. The summed E-state index contributed by atoms with van der Waals surface area (Å²) < 4.78 is 92.3. The van der Waals surface area contributed by atoms with Crippen LogP contribution in [0.2, 0.25) is 0 Å². The molecule has 2 aromatic rings. The Balaban J connectivity index is 1.24. The van der Waals surface area contributed by atoms with Gasteiger partial charge in [-0.15, -0.1) is 0 Å². The maximum Gasteiger partial charge on any atom is 0.427 e. The van der Waals surface area contributed by atoms with E-state index in [1.807, 2.05) is 13.0 Å². The first-order valence-corrected chi connectivity index (χ1v) is 21.6. The summed E-state index contributed by atoms with van der Waals surface area (Å²) in [7, 11) is -3.99. The molecule has 5 aliphatic rings. The molecule has 1 aromatic carbocycles. The number of carbonyl (C=O) groups excluding carboxylic acids is 4. The average molecular weight is 850 g/mol. The van der Waals surface area contributed by atoms with Gasteiger partial charge in [-0.1, -0.05) is 32.4 Å². The predicted octanol–water partition coefficient (Wildman–Crippen LogP) is 4.68. The summed E-state index contributed by atoms with van der Waals surface area (Å²) in [5.74, 6) is -2.38. The molecule has 59 heavy (non-hydrogen) atoms. The van der Waals surface area contributed by atoms with Gasteiger partial charge in [0.25, 0.3) is 5.91 Å². The van der Waals surface area contributed by atoms with Gasteiger partial charge in [0.2, 0.25) is 33.3 Å². The number of ether oxygens (including phenoxy) is 4. The Bertz CT molecular complexity index is 2130. The monoisotopic (exact) mass is 849 g/mol. The number of benzene rings is 1. The highest BCUT2D eigenvalue weighted by atomic mass is 32.2. The number of sulfonamides is 1. The number of hydrogen-bond acceptors (Lipinski definition) is 11. The van der Waals surface area contributed by atoms with Crippen molar-refractivity contribution in [3.8, 4) is 17.4 Å². The summed E-state index contributed by atoms with van der Waals surface area (Å²) >= 11 is 0. The molecule has 4 amide bonds. The van der Waals surface area contributed by atoms with Gasteiger partial charge in [-0.3, -0.25) is 19.1 Å². The van der Waals surface area contributed by atoms with Gasteiger partial charge in [-0.05, 0) is 82.4 Å². The van der Waals surface area contributed by atoms with Crippen LogP contribution in [-0.2, 0) is 29.1 Å². The Morgan fingerprint density at radius 3 is 2.53 bits per heavy atom. The summed E-state index contributed by atoms with van der Waals surface area (Å²) in [5.41, 5.74) is -4.52. The number of alkyl carbamates (subject to hydrolysis) is 1. The van der Waals surface area contributed by atoms with Crippen molar-refractivity contribution in [3.05, 3.63) is 36.5 Å². The Morgan fingerprint density at radius 2 is 1.81 bits per heavy atom. The zero-order valence-electron chi connectivity index (χ0n) is 33.3. The Hall–Kier alpha value is -4.81. The molecule has 7 rings (SSSR count). The van der Waals surface area contributed by atoms with Gasteiger partial charge in [0.1, 0.15) is 36.9 Å². The second kappa shape index (κ2) is 16.0. The van der Waals surface area contributed by atoms with Crippen LogP contribution in [0.25, 0.3) is 10.8 Å². The van der Waals surface area contributed by atoms with Crippen molar-refractivity contribution in [1.82, 2.24) is 25.2 Å². The van der Waals surface area contributed by atoms with Crippen LogP contribution >= 0.6 is 0 Å². The quantitative estimate of drug-likeness (QED) is 0.313. The molecule has 322 valence electrons. The van der Waals surface area contributed by atoms with Gasteiger partial charge in [0.05, 0.1) is 11.8 Å². The first-order chi connectivity index (χ1) is 27.8. The van der Waals surface area contributed by atoms with Gasteiger partial charge >= 0.3 is 12.3 Å². The van der Waals surface area contributed by atoms with Crippen LogP contribution in [0.3, 0.4) is 0 Å². The summed E-state index contributed by atoms with van der Waals surface area (Å²) in [6.45, 7) is 5.64. The molecular weight excluding hydrogens is 800 g/mol. The molecule has 3 fully saturated rings. The van der Waals surface area contributed by atoms with E-state index in [2.05, 4.69) is 20.3 Å². The van der Waals surface area contributed by atoms with E-state index in [4.69, 9.17) is 18.9 Å². The van der Waals surface area contributed by atoms with E-state index < -0.39 is 86.4 Å². The van der Waals surface area contributed by atoms with Crippen LogP contribution in [0.15, 0.2) is 36.5 Å². The van der Waals surface area contributed by atoms with Crippen LogP contribution < -0.4 is 29.6 Å². The van der Waals surface area contributed by atoms with E-state index in [1.165, 1.54) is 11.1 Å². The lowest BCUT2D eigenvalue weighted by Gasteiger charge is -2.35. The first-order valence-electron chi connectivity index (χ1n) is 20.1. The molecule has 15 nitrogen and oxygen atoms in total. The van der Waals surface area contributed by atoms with Gasteiger partial charge in [0, 0.05) is 29.3 Å². The van der Waals surface area contributed by atoms with Crippen molar-refractivity contribution in [2.24, 2.45) is 17.8 Å². The van der Waals surface area contributed by atoms with Crippen LogP contribution in [-0.4, -0.2) is 103 Å². The zero-order valence-corrected chi connectivity index (χ0v) is 34.1. The minimum Gasteiger partial charge on any atom is -0.486 e. The number of nitrogens with zero attached hydrogens (tertiary/aromatic N) is 2. The fourth-order valence-electron chi connectivity index (χ4n) is 8.15. The molecular formula is C40H50F3N5O10S. The van der Waals surface area contributed by atoms with Crippen molar-refractivity contribution in [3.63, 3.8) is 0 Å². The maximum atomic E-state index is 14.9. The van der Waals surface area contributed by atoms with E-state index in [9.17, 15) is 40.8 Å². The van der Waals surface area contributed by atoms with Crippen LogP contribution in [0.5, 0.6) is 17.4 Å². The topological polar surface area (TPSA) is 192 Å². The number of alkyl halides is 3. The Morgan fingerprint density at radius 1 is 1.07 bits per heavy atom. The fourth-order valence-corrected chi connectivity index (χ4v) is 9.52. The lowest BCUT2D eigenvalue weighted by molar-refractivity contribution is -0.244. The normalized spacial score (nSPS) is 29.0. The van der Waals surface area contributed by atoms with E-state index in [-0.39, 0.29) is 31.2 Å². The number of pyridine rings is 1. The molecule has 7 unspecified atom stereocenters. The fraction of sp³-hybridized carbons (Fsp3) is 0.625. The molecule has 0 spiro atoms. The van der Waals surface area contributed by atoms with Crippen LogP contribution in [0.4, 0.5) is 18.0 Å². The number of aromatic nitrogens is 1. The van der Waals surface area contributed by atoms with Crippen LogP contribution in [0, 0.1) is 17.8 Å². The molecule has 3 N–H and O–H groups in total. The van der Waals surface area contributed by atoms with Crippen LogP contribution in [0.1, 0.15) is 79.1 Å².